The van der Waals surface area contributed by atoms with Gasteiger partial charge in [-0.25, -0.2) is 10.2 Å². The molecule has 0 aliphatic rings. The van der Waals surface area contributed by atoms with Crippen LogP contribution in [-0.4, -0.2) is 29.3 Å². The van der Waals surface area contributed by atoms with Gasteiger partial charge in [0.2, 0.25) is 0 Å². The number of nitrogens with one attached hydrogen (secondary N) is 3. The molecule has 1 aromatic rings. The summed E-state index contributed by atoms with van der Waals surface area (Å²) in [5.74, 6) is -0.473. The first-order valence-corrected chi connectivity index (χ1v) is 3.37. The number of rotatable bonds is 1. The van der Waals surface area contributed by atoms with Gasteiger partial charge in [0.25, 0.3) is 5.91 Å². The van der Waals surface area contributed by atoms with E-state index in [9.17, 15) is 9.59 Å². The van der Waals surface area contributed by atoms with Gasteiger partial charge in [0.15, 0.2) is 0 Å². The number of nitrogens with zero attached hydrogens (tertiary/aromatic N) is 1. The van der Waals surface area contributed by atoms with Crippen molar-refractivity contribution in [1.82, 2.24) is 21.0 Å². The summed E-state index contributed by atoms with van der Waals surface area (Å²) >= 11 is 0. The van der Waals surface area contributed by atoms with Crippen LogP contribution < -0.4 is 10.9 Å². The molecule has 13 heavy (non-hydrogen) atoms. The van der Waals surface area contributed by atoms with Crippen molar-refractivity contribution in [2.24, 2.45) is 0 Å². The number of hydrogen-bond donors (Lipinski definition) is 3. The lowest BCUT2D eigenvalue weighted by molar-refractivity contribution is 0.0920. The van der Waals surface area contributed by atoms with Crippen molar-refractivity contribution < 1.29 is 14.3 Å². The molecule has 0 saturated heterocycles. The molecule has 0 aromatic carbocycles. The fraction of sp³-hybridized carbons (Fsp3) is 0.167. The predicted molar refractivity (Wildman–Crippen MR) is 41.6 cm³/mol. The van der Waals surface area contributed by atoms with Crippen LogP contribution in [0.25, 0.3) is 0 Å². The molecule has 0 saturated carbocycles. The number of carbonyl (C=O) groups is 2. The van der Waals surface area contributed by atoms with Crippen LogP contribution in [0.1, 0.15) is 10.4 Å². The van der Waals surface area contributed by atoms with Crippen LogP contribution in [-0.2, 0) is 4.74 Å². The zero-order chi connectivity index (χ0) is 9.68. The average molecular weight is 184 g/mol. The lowest BCUT2D eigenvalue weighted by Gasteiger charge is -2.03. The molecule has 0 unspecified atom stereocenters. The van der Waals surface area contributed by atoms with Gasteiger partial charge in [-0.15, -0.1) is 0 Å². The van der Waals surface area contributed by atoms with Crippen LogP contribution in [0.4, 0.5) is 4.79 Å². The van der Waals surface area contributed by atoms with Crippen molar-refractivity contribution in [3.8, 4) is 0 Å². The fourth-order valence-corrected chi connectivity index (χ4v) is 0.606. The van der Waals surface area contributed by atoms with Gasteiger partial charge in [-0.3, -0.25) is 15.3 Å². The Morgan fingerprint density at radius 2 is 2.31 bits per heavy atom. The number of carbonyl (C=O) groups excluding carboxylic acids is 2. The maximum absolute atomic E-state index is 11.1. The molecule has 70 valence electrons. The molecule has 3 N–H and O–H groups in total. The molecule has 0 bridgehead atoms. The van der Waals surface area contributed by atoms with E-state index in [1.165, 1.54) is 19.5 Å². The van der Waals surface area contributed by atoms with Crippen molar-refractivity contribution in [2.45, 2.75) is 0 Å². The number of methoxy groups -OCH3 is 1. The molecule has 0 aliphatic heterocycles. The second-order valence-corrected chi connectivity index (χ2v) is 2.06. The molecule has 0 radical (unpaired) electrons. The number of ether oxygens (including phenoxy) is 1. The van der Waals surface area contributed by atoms with E-state index in [4.69, 9.17) is 0 Å². The second-order valence-electron chi connectivity index (χ2n) is 2.06. The smallest absolute Gasteiger partial charge is 0.425 e. The fourth-order valence-electron chi connectivity index (χ4n) is 0.606. The Hall–Kier alpha value is -2.05. The Bertz CT molecular complexity index is 295. The second kappa shape index (κ2) is 4.10. The zero-order valence-electron chi connectivity index (χ0n) is 6.83. The Balaban J connectivity index is 2.39. The van der Waals surface area contributed by atoms with Gasteiger partial charge in [-0.05, 0) is 0 Å². The number of H-pyrrole nitrogens is 1. The van der Waals surface area contributed by atoms with Gasteiger partial charge in [0, 0.05) is 6.20 Å². The summed E-state index contributed by atoms with van der Waals surface area (Å²) < 4.78 is 4.23. The number of hydrogen-bond acceptors (Lipinski definition) is 4. The number of aromatic nitrogens is 2. The van der Waals surface area contributed by atoms with E-state index in [2.05, 4.69) is 20.4 Å². The third-order valence-corrected chi connectivity index (χ3v) is 1.22. The van der Waals surface area contributed by atoms with Gasteiger partial charge in [0.05, 0.1) is 18.9 Å². The molecule has 0 atom stereocenters. The lowest BCUT2D eigenvalue weighted by Crippen LogP contribution is -2.41. The monoisotopic (exact) mass is 184 g/mol. The summed E-state index contributed by atoms with van der Waals surface area (Å²) in [7, 11) is 1.19. The Kier molecular flexibility index (Phi) is 2.85. The average Bonchev–Trinajstić information content (AvgIpc) is 2.66. The highest BCUT2D eigenvalue weighted by molar-refractivity contribution is 5.94. The maximum Gasteiger partial charge on any atom is 0.425 e. The zero-order valence-corrected chi connectivity index (χ0v) is 6.83. The third-order valence-electron chi connectivity index (χ3n) is 1.22. The van der Waals surface area contributed by atoms with E-state index in [0.29, 0.717) is 5.56 Å². The van der Waals surface area contributed by atoms with Crippen LogP contribution in [0, 0.1) is 0 Å². The first-order valence-electron chi connectivity index (χ1n) is 3.37. The van der Waals surface area contributed by atoms with Gasteiger partial charge >= 0.3 is 6.09 Å². The van der Waals surface area contributed by atoms with E-state index in [1.807, 2.05) is 5.43 Å². The molecule has 0 spiro atoms. The standard InChI is InChI=1S/C6H8N4O3/c1-13-6(12)10-9-5(11)4-2-7-8-3-4/h2-3H,1H3,(H,7,8)(H,9,11)(H,10,12). The predicted octanol–water partition coefficient (Wildman–Crippen LogP) is -0.590. The van der Waals surface area contributed by atoms with Gasteiger partial charge in [-0.2, -0.15) is 5.10 Å². The Morgan fingerprint density at radius 3 is 2.85 bits per heavy atom. The molecule has 1 aromatic heterocycles. The van der Waals surface area contributed by atoms with Crippen LogP contribution in [0.15, 0.2) is 12.4 Å². The molecule has 7 heteroatoms. The highest BCUT2D eigenvalue weighted by Gasteiger charge is 2.06. The topological polar surface area (TPSA) is 96.1 Å². The number of amides is 2. The first-order chi connectivity index (χ1) is 6.24. The summed E-state index contributed by atoms with van der Waals surface area (Å²) in [5, 5.41) is 6.02. The minimum atomic E-state index is -0.739. The van der Waals surface area contributed by atoms with Gasteiger partial charge in [-0.1, -0.05) is 0 Å². The van der Waals surface area contributed by atoms with Crippen LogP contribution in [0.3, 0.4) is 0 Å². The molecule has 0 aliphatic carbocycles. The summed E-state index contributed by atoms with van der Waals surface area (Å²) in [6, 6.07) is 0. The molecule has 0 fully saturated rings. The van der Waals surface area contributed by atoms with E-state index in [1.54, 1.807) is 0 Å². The molecular formula is C6H8N4O3. The summed E-state index contributed by atoms with van der Waals surface area (Å²) in [6.07, 6.45) is 1.99. The van der Waals surface area contributed by atoms with Crippen molar-refractivity contribution in [1.29, 1.82) is 0 Å². The molecule has 2 amide bonds. The van der Waals surface area contributed by atoms with E-state index in [-0.39, 0.29) is 0 Å². The summed E-state index contributed by atoms with van der Waals surface area (Å²) in [5.41, 5.74) is 4.45. The van der Waals surface area contributed by atoms with E-state index < -0.39 is 12.0 Å². The molecular weight excluding hydrogens is 176 g/mol. The number of aromatic amines is 1. The largest absolute Gasteiger partial charge is 0.452 e. The van der Waals surface area contributed by atoms with Crippen LogP contribution >= 0.6 is 0 Å². The molecule has 1 rings (SSSR count). The minimum absolute atomic E-state index is 0.316. The van der Waals surface area contributed by atoms with Crippen molar-refractivity contribution in [2.75, 3.05) is 7.11 Å². The Morgan fingerprint density at radius 1 is 1.54 bits per heavy atom. The lowest BCUT2D eigenvalue weighted by atomic mass is 10.3. The summed E-state index contributed by atoms with van der Waals surface area (Å²) in [4.78, 5) is 21.6. The van der Waals surface area contributed by atoms with Gasteiger partial charge in [0.1, 0.15) is 0 Å². The van der Waals surface area contributed by atoms with E-state index in [0.717, 1.165) is 0 Å². The van der Waals surface area contributed by atoms with Crippen LogP contribution in [0.2, 0.25) is 0 Å². The van der Waals surface area contributed by atoms with E-state index >= 15 is 0 Å². The highest BCUT2D eigenvalue weighted by Crippen LogP contribution is 1.90. The van der Waals surface area contributed by atoms with Crippen molar-refractivity contribution >= 4 is 12.0 Å². The van der Waals surface area contributed by atoms with Crippen LogP contribution in [0.5, 0.6) is 0 Å². The normalized spacial score (nSPS) is 9.00. The minimum Gasteiger partial charge on any atom is -0.452 e. The third kappa shape index (κ3) is 2.47. The maximum atomic E-state index is 11.1. The number of hydrazine groups is 1. The van der Waals surface area contributed by atoms with Crippen molar-refractivity contribution in [3.63, 3.8) is 0 Å². The summed E-state index contributed by atoms with van der Waals surface area (Å²) in [6.45, 7) is 0. The first kappa shape index (κ1) is 9.04. The Labute approximate surface area is 73.4 Å². The molecule has 7 nitrogen and oxygen atoms in total. The quantitative estimate of drug-likeness (QED) is 0.508. The molecule has 1 heterocycles. The highest BCUT2D eigenvalue weighted by atomic mass is 16.5. The SMILES string of the molecule is COC(=O)NNC(=O)c1cn[nH]c1. The van der Waals surface area contributed by atoms with Gasteiger partial charge < -0.3 is 4.74 Å². The van der Waals surface area contributed by atoms with Crippen molar-refractivity contribution in [3.05, 3.63) is 18.0 Å².